The molecule has 3 saturated heterocycles. The Labute approximate surface area is 277 Å². The fraction of sp³-hybridized carbons (Fsp3) is 0.710. The molecule has 268 valence electrons. The van der Waals surface area contributed by atoms with Crippen LogP contribution in [0.2, 0.25) is 0 Å². The number of hydrogen-bond acceptors (Lipinski definition) is 12. The van der Waals surface area contributed by atoms with E-state index in [1.807, 2.05) is 4.90 Å². The minimum absolute atomic E-state index is 0.0824. The second kappa shape index (κ2) is 14.9. The lowest BCUT2D eigenvalue weighted by atomic mass is 9.81. The molecular formula is C31H47N5O12. The lowest BCUT2D eigenvalue weighted by molar-refractivity contribution is -0.231. The second-order valence-electron chi connectivity index (χ2n) is 13.8. The van der Waals surface area contributed by atoms with E-state index in [0.717, 1.165) is 6.07 Å². The van der Waals surface area contributed by atoms with Crippen molar-refractivity contribution in [2.75, 3.05) is 45.9 Å². The highest BCUT2D eigenvalue weighted by Crippen LogP contribution is 2.38. The summed E-state index contributed by atoms with van der Waals surface area (Å²) in [5, 5.41) is 48.7. The van der Waals surface area contributed by atoms with Crippen LogP contribution < -0.4 is 16.2 Å². The number of carbonyl (C=O) groups is 4. The molecule has 4 rings (SSSR count). The third-order valence-electron chi connectivity index (χ3n) is 8.99. The zero-order valence-electron chi connectivity index (χ0n) is 27.6. The molecule has 7 N–H and O–H groups in total. The van der Waals surface area contributed by atoms with Crippen LogP contribution in [0.15, 0.2) is 23.1 Å². The maximum Gasteiger partial charge on any atom is 0.410 e. The van der Waals surface area contributed by atoms with Gasteiger partial charge < -0.3 is 55.2 Å². The lowest BCUT2D eigenvalue weighted by Crippen LogP contribution is -2.68. The van der Waals surface area contributed by atoms with Gasteiger partial charge in [0, 0.05) is 64.8 Å². The molecule has 0 saturated carbocycles. The van der Waals surface area contributed by atoms with E-state index in [9.17, 15) is 44.4 Å². The van der Waals surface area contributed by atoms with Crippen LogP contribution in [0.1, 0.15) is 57.3 Å². The van der Waals surface area contributed by atoms with Gasteiger partial charge in [-0.25, -0.2) is 9.59 Å². The van der Waals surface area contributed by atoms with Gasteiger partial charge in [0.1, 0.15) is 17.8 Å². The van der Waals surface area contributed by atoms with Gasteiger partial charge in [-0.3, -0.25) is 19.3 Å². The number of carboxylic acid groups (broad SMARTS) is 1. The third kappa shape index (κ3) is 8.69. The fourth-order valence-corrected chi connectivity index (χ4v) is 6.50. The first kappa shape index (κ1) is 37.2. The van der Waals surface area contributed by atoms with Crippen LogP contribution in [0, 0.1) is 0 Å². The summed E-state index contributed by atoms with van der Waals surface area (Å²) in [5.41, 5.74) is -3.67. The largest absolute Gasteiger partial charge is 0.479 e. The molecule has 0 radical (unpaired) electrons. The van der Waals surface area contributed by atoms with E-state index >= 15 is 0 Å². The van der Waals surface area contributed by atoms with Crippen molar-refractivity contribution in [3.63, 3.8) is 0 Å². The van der Waals surface area contributed by atoms with Crippen molar-refractivity contribution in [3.8, 4) is 0 Å². The molecule has 1 spiro atoms. The predicted octanol–water partition coefficient (Wildman–Crippen LogP) is -1.59. The van der Waals surface area contributed by atoms with Gasteiger partial charge >= 0.3 is 12.1 Å². The number of aromatic amines is 1. The second-order valence-corrected chi connectivity index (χ2v) is 13.8. The molecule has 0 bridgehead atoms. The molecule has 17 nitrogen and oxygen atoms in total. The highest BCUT2D eigenvalue weighted by atomic mass is 16.6. The number of nitrogens with one attached hydrogen (secondary N) is 3. The summed E-state index contributed by atoms with van der Waals surface area (Å²) in [4.78, 5) is 67.5. The van der Waals surface area contributed by atoms with Crippen molar-refractivity contribution in [3.05, 3.63) is 34.2 Å². The number of aliphatic carboxylic acids is 1. The number of aliphatic hydroxyl groups excluding tert-OH is 3. The number of nitrogens with zero attached hydrogens (tertiary/aromatic N) is 2. The first-order valence-corrected chi connectivity index (χ1v) is 16.0. The number of morpholine rings is 1. The quantitative estimate of drug-likeness (QED) is 0.148. The molecule has 7 atom stereocenters. The van der Waals surface area contributed by atoms with Crippen LogP contribution in [0.25, 0.3) is 0 Å². The van der Waals surface area contributed by atoms with Gasteiger partial charge in [-0.15, -0.1) is 0 Å². The normalized spacial score (nSPS) is 29.2. The minimum Gasteiger partial charge on any atom is -0.479 e. The Hall–Kier alpha value is -3.61. The standard InChI is InChI=1S/C31H47N5O12/c1-18(37)34-23-20(38)13-31(27(43)44,47-25(23)24(41)21(39)15-33-26(42)19-5-6-22(40)32-14-19)8-10-36-11-12-46-17-30(36)7-9-35(16-30)28(45)48-29(2,3)4/h5-6,14,20-21,23-25,38-39,41H,7-13,15-17H2,1-4H3,(H,32,40)(H,33,42)(H,34,37)(H,43,44)/t20-,21+,23+,24+,25+,30-,31+/m0/s1. The Morgan fingerprint density at radius 3 is 2.54 bits per heavy atom. The number of amides is 3. The molecule has 3 aliphatic rings. The van der Waals surface area contributed by atoms with Crippen LogP contribution in [-0.4, -0.2) is 152 Å². The summed E-state index contributed by atoms with van der Waals surface area (Å²) in [7, 11) is 0. The molecule has 0 aliphatic carbocycles. The van der Waals surface area contributed by atoms with Crippen LogP contribution in [-0.2, 0) is 23.8 Å². The number of ether oxygens (including phenoxy) is 3. The summed E-state index contributed by atoms with van der Waals surface area (Å²) in [6.45, 7) is 8.00. The van der Waals surface area contributed by atoms with Crippen LogP contribution in [0.5, 0.6) is 0 Å². The summed E-state index contributed by atoms with van der Waals surface area (Å²) < 4.78 is 17.4. The summed E-state index contributed by atoms with van der Waals surface area (Å²) >= 11 is 0. The smallest absolute Gasteiger partial charge is 0.410 e. The third-order valence-corrected chi connectivity index (χ3v) is 8.99. The molecule has 48 heavy (non-hydrogen) atoms. The molecule has 4 heterocycles. The number of carboxylic acids is 1. The van der Waals surface area contributed by atoms with E-state index in [1.165, 1.54) is 19.2 Å². The number of pyridine rings is 1. The van der Waals surface area contributed by atoms with Gasteiger partial charge in [0.2, 0.25) is 11.5 Å². The first-order chi connectivity index (χ1) is 22.4. The van der Waals surface area contributed by atoms with E-state index in [1.54, 1.807) is 25.7 Å². The van der Waals surface area contributed by atoms with Crippen LogP contribution >= 0.6 is 0 Å². The summed E-state index contributed by atoms with van der Waals surface area (Å²) in [6.07, 6.45) is -5.98. The zero-order chi connectivity index (χ0) is 35.4. The first-order valence-electron chi connectivity index (χ1n) is 16.0. The van der Waals surface area contributed by atoms with Crippen LogP contribution in [0.4, 0.5) is 4.79 Å². The number of H-pyrrole nitrogens is 1. The Morgan fingerprint density at radius 2 is 1.92 bits per heavy atom. The Morgan fingerprint density at radius 1 is 1.19 bits per heavy atom. The number of carbonyl (C=O) groups excluding carboxylic acids is 3. The SMILES string of the molecule is CC(=O)N[C@H]1[C@H]([C@H](O)[C@H](O)CNC(=O)c2ccc(=O)[nH]c2)O[C@@](CCN2CCOC[C@@]23CCN(C(=O)OC(C)(C)C)C3)(C(=O)O)C[C@@H]1O. The predicted molar refractivity (Wildman–Crippen MR) is 167 cm³/mol. The number of aliphatic hydroxyl groups is 3. The van der Waals surface area contributed by atoms with Crippen LogP contribution in [0.3, 0.4) is 0 Å². The van der Waals surface area contributed by atoms with Crippen molar-refractivity contribution < 1.29 is 53.8 Å². The highest BCUT2D eigenvalue weighted by Gasteiger charge is 2.55. The Kier molecular flexibility index (Phi) is 11.5. The molecule has 1 aromatic heterocycles. The fourth-order valence-electron chi connectivity index (χ4n) is 6.50. The number of aromatic nitrogens is 1. The maximum absolute atomic E-state index is 12.9. The molecule has 3 aliphatic heterocycles. The van der Waals surface area contributed by atoms with E-state index in [4.69, 9.17) is 14.2 Å². The lowest BCUT2D eigenvalue weighted by Gasteiger charge is -2.49. The van der Waals surface area contributed by atoms with Crippen molar-refractivity contribution in [1.82, 2.24) is 25.4 Å². The summed E-state index contributed by atoms with van der Waals surface area (Å²) in [5.74, 6) is -2.67. The molecule has 3 fully saturated rings. The van der Waals surface area contributed by atoms with Gasteiger partial charge in [-0.05, 0) is 33.3 Å². The monoisotopic (exact) mass is 681 g/mol. The summed E-state index contributed by atoms with van der Waals surface area (Å²) in [6, 6.07) is 1.12. The van der Waals surface area contributed by atoms with Gasteiger partial charge in [0.05, 0.1) is 42.6 Å². The van der Waals surface area contributed by atoms with E-state index < -0.39 is 89.6 Å². The van der Waals surface area contributed by atoms with E-state index in [2.05, 4.69) is 15.6 Å². The van der Waals surface area contributed by atoms with Crippen molar-refractivity contribution in [2.24, 2.45) is 0 Å². The molecule has 0 aromatic carbocycles. The van der Waals surface area contributed by atoms with Crippen molar-refractivity contribution in [2.45, 2.75) is 94.2 Å². The molecule has 1 aromatic rings. The Balaban J connectivity index is 1.50. The molecular weight excluding hydrogens is 634 g/mol. The van der Waals surface area contributed by atoms with Crippen molar-refractivity contribution in [1.29, 1.82) is 0 Å². The minimum atomic E-state index is -2.04. The molecule has 17 heteroatoms. The average molecular weight is 682 g/mol. The van der Waals surface area contributed by atoms with E-state index in [0.29, 0.717) is 39.3 Å². The van der Waals surface area contributed by atoms with Gasteiger partial charge in [0.25, 0.3) is 5.91 Å². The number of hydrogen-bond donors (Lipinski definition) is 7. The van der Waals surface area contributed by atoms with E-state index in [-0.39, 0.29) is 18.5 Å². The highest BCUT2D eigenvalue weighted by molar-refractivity contribution is 5.93. The van der Waals surface area contributed by atoms with Crippen molar-refractivity contribution >= 4 is 23.9 Å². The molecule has 3 amide bonds. The maximum atomic E-state index is 12.9. The van der Waals surface area contributed by atoms with Gasteiger partial charge in [-0.1, -0.05) is 0 Å². The topological polar surface area (TPSA) is 240 Å². The molecule has 0 unspecified atom stereocenters. The number of likely N-dealkylation sites (tertiary alicyclic amines) is 1. The number of rotatable bonds is 10. The zero-order valence-corrected chi connectivity index (χ0v) is 27.6. The average Bonchev–Trinajstić information content (AvgIpc) is 3.43. The van der Waals surface area contributed by atoms with Gasteiger partial charge in [-0.2, -0.15) is 0 Å². The van der Waals surface area contributed by atoms with Gasteiger partial charge in [0.15, 0.2) is 5.60 Å². The Bertz CT molecular complexity index is 1380.